The van der Waals surface area contributed by atoms with E-state index in [1.165, 1.54) is 6.20 Å². The number of urea groups is 1. The predicted octanol–water partition coefficient (Wildman–Crippen LogP) is 3.53. The molecule has 0 aliphatic rings. The van der Waals surface area contributed by atoms with Crippen molar-refractivity contribution in [3.63, 3.8) is 0 Å². The Labute approximate surface area is 166 Å². The molecule has 9 heteroatoms. The highest BCUT2D eigenvalue weighted by Crippen LogP contribution is 2.28. The van der Waals surface area contributed by atoms with Crippen LogP contribution >= 0.6 is 11.6 Å². The molecule has 0 spiro atoms. The van der Waals surface area contributed by atoms with Crippen molar-refractivity contribution in [3.05, 3.63) is 53.2 Å². The van der Waals surface area contributed by atoms with E-state index in [1.807, 2.05) is 6.07 Å². The van der Waals surface area contributed by atoms with Crippen LogP contribution in [0.15, 0.2) is 42.6 Å². The second kappa shape index (κ2) is 8.99. The van der Waals surface area contributed by atoms with E-state index >= 15 is 0 Å². The Kier molecular flexibility index (Phi) is 6.22. The third-order valence-corrected chi connectivity index (χ3v) is 3.94. The fraction of sp³-hybridized carbons (Fsp3) is 0.158. The van der Waals surface area contributed by atoms with Gasteiger partial charge in [-0.3, -0.25) is 10.3 Å². The Hall–Kier alpha value is -3.41. The van der Waals surface area contributed by atoms with E-state index in [2.05, 4.69) is 20.6 Å². The minimum absolute atomic E-state index is 0.243. The molecule has 0 bridgehead atoms. The van der Waals surface area contributed by atoms with Gasteiger partial charge in [0.1, 0.15) is 5.75 Å². The number of anilines is 2. The molecule has 2 aromatic carbocycles. The number of carbonyl (C=O) groups is 1. The number of hydrogen-bond donors (Lipinski definition) is 3. The highest BCUT2D eigenvalue weighted by Gasteiger charge is 2.11. The largest absolute Gasteiger partial charge is 0.491 e. The molecule has 0 saturated heterocycles. The van der Waals surface area contributed by atoms with Crippen molar-refractivity contribution in [2.24, 2.45) is 5.73 Å². The standard InChI is InChI=1S/C19H17ClN6O2/c20-13-3-5-17(28-7-1-6-21)16(9-13)25-19(27)26-18-11-23-14-4-2-12(10-22)8-15(14)24-18/h2-5,8-9,11H,1,6-7,21H2,(H2,24,25,26,27). The summed E-state index contributed by atoms with van der Waals surface area (Å²) in [5.74, 6) is 0.726. The van der Waals surface area contributed by atoms with Crippen molar-refractivity contribution in [1.82, 2.24) is 9.97 Å². The summed E-state index contributed by atoms with van der Waals surface area (Å²) in [6.45, 7) is 0.927. The van der Waals surface area contributed by atoms with Gasteiger partial charge in [0.25, 0.3) is 0 Å². The Bertz CT molecular complexity index is 1050. The first-order valence-electron chi connectivity index (χ1n) is 8.46. The highest BCUT2D eigenvalue weighted by atomic mass is 35.5. The van der Waals surface area contributed by atoms with Gasteiger partial charge in [0.15, 0.2) is 5.82 Å². The predicted molar refractivity (Wildman–Crippen MR) is 108 cm³/mol. The maximum Gasteiger partial charge on any atom is 0.325 e. The zero-order valence-electron chi connectivity index (χ0n) is 14.8. The molecule has 3 rings (SSSR count). The van der Waals surface area contributed by atoms with Crippen LogP contribution in [0.4, 0.5) is 16.3 Å². The zero-order valence-corrected chi connectivity index (χ0v) is 15.5. The molecule has 8 nitrogen and oxygen atoms in total. The van der Waals surface area contributed by atoms with Crippen LogP contribution in [-0.4, -0.2) is 29.2 Å². The van der Waals surface area contributed by atoms with Gasteiger partial charge in [0, 0.05) is 5.02 Å². The van der Waals surface area contributed by atoms with Crippen LogP contribution in [0, 0.1) is 11.3 Å². The molecule has 142 valence electrons. The Morgan fingerprint density at radius 2 is 2.07 bits per heavy atom. The molecule has 0 saturated carbocycles. The van der Waals surface area contributed by atoms with E-state index in [0.29, 0.717) is 52.6 Å². The minimum atomic E-state index is -0.531. The Morgan fingerprint density at radius 1 is 1.21 bits per heavy atom. The fourth-order valence-electron chi connectivity index (χ4n) is 2.40. The second-order valence-corrected chi connectivity index (χ2v) is 6.22. The number of hydrogen-bond acceptors (Lipinski definition) is 6. The summed E-state index contributed by atoms with van der Waals surface area (Å²) in [4.78, 5) is 20.9. The van der Waals surface area contributed by atoms with Crippen molar-refractivity contribution in [2.75, 3.05) is 23.8 Å². The summed E-state index contributed by atoms with van der Waals surface area (Å²) in [5, 5.41) is 14.7. The number of nitrogens with zero attached hydrogens (tertiary/aromatic N) is 3. The first-order chi connectivity index (χ1) is 13.6. The Morgan fingerprint density at radius 3 is 2.86 bits per heavy atom. The highest BCUT2D eigenvalue weighted by molar-refractivity contribution is 6.31. The number of nitrogens with one attached hydrogen (secondary N) is 2. The molecule has 0 atom stereocenters. The summed E-state index contributed by atoms with van der Waals surface area (Å²) in [5.41, 5.74) is 7.47. The topological polar surface area (TPSA) is 126 Å². The number of ether oxygens (including phenoxy) is 1. The third-order valence-electron chi connectivity index (χ3n) is 3.71. The van der Waals surface area contributed by atoms with Crippen LogP contribution in [0.5, 0.6) is 5.75 Å². The molecule has 0 unspecified atom stereocenters. The number of amides is 2. The van der Waals surface area contributed by atoms with Gasteiger partial charge in [-0.15, -0.1) is 0 Å². The smallest absolute Gasteiger partial charge is 0.325 e. The third kappa shape index (κ3) is 4.85. The lowest BCUT2D eigenvalue weighted by Gasteiger charge is -2.13. The maximum atomic E-state index is 12.4. The van der Waals surface area contributed by atoms with Crippen LogP contribution in [0.25, 0.3) is 11.0 Å². The Balaban J connectivity index is 1.74. The normalized spacial score (nSPS) is 10.3. The van der Waals surface area contributed by atoms with Crippen LogP contribution in [0.2, 0.25) is 5.02 Å². The molecule has 0 aliphatic carbocycles. The van der Waals surface area contributed by atoms with Crippen LogP contribution in [0.3, 0.4) is 0 Å². The monoisotopic (exact) mass is 396 g/mol. The van der Waals surface area contributed by atoms with Crippen LogP contribution in [0.1, 0.15) is 12.0 Å². The number of rotatable bonds is 6. The quantitative estimate of drug-likeness (QED) is 0.547. The number of aromatic nitrogens is 2. The van der Waals surface area contributed by atoms with Crippen molar-refractivity contribution >= 4 is 40.2 Å². The summed E-state index contributed by atoms with van der Waals surface area (Å²) in [6, 6.07) is 11.4. The van der Waals surface area contributed by atoms with Crippen molar-refractivity contribution in [3.8, 4) is 11.8 Å². The molecule has 2 amide bonds. The average molecular weight is 397 g/mol. The van der Waals surface area contributed by atoms with E-state index in [-0.39, 0.29) is 5.82 Å². The van der Waals surface area contributed by atoms with E-state index in [4.69, 9.17) is 27.3 Å². The van der Waals surface area contributed by atoms with Gasteiger partial charge in [0.2, 0.25) is 0 Å². The zero-order chi connectivity index (χ0) is 19.9. The summed E-state index contributed by atoms with van der Waals surface area (Å²) in [7, 11) is 0. The molecule has 0 aliphatic heterocycles. The maximum absolute atomic E-state index is 12.4. The summed E-state index contributed by atoms with van der Waals surface area (Å²) < 4.78 is 5.63. The first-order valence-corrected chi connectivity index (χ1v) is 8.84. The van der Waals surface area contributed by atoms with E-state index < -0.39 is 6.03 Å². The van der Waals surface area contributed by atoms with Crippen molar-refractivity contribution in [1.29, 1.82) is 5.26 Å². The van der Waals surface area contributed by atoms with Crippen molar-refractivity contribution in [2.45, 2.75) is 6.42 Å². The van der Waals surface area contributed by atoms with Gasteiger partial charge in [-0.2, -0.15) is 5.26 Å². The summed E-state index contributed by atoms with van der Waals surface area (Å²) in [6.07, 6.45) is 2.12. The molecule has 1 heterocycles. The minimum Gasteiger partial charge on any atom is -0.491 e. The molecule has 4 N–H and O–H groups in total. The number of nitrogens with two attached hydrogens (primary N) is 1. The summed E-state index contributed by atoms with van der Waals surface area (Å²) >= 11 is 6.02. The number of benzene rings is 2. The number of fused-ring (bicyclic) bond motifs is 1. The van der Waals surface area contributed by atoms with Crippen LogP contribution in [-0.2, 0) is 0 Å². The molecular formula is C19H17ClN6O2. The lowest BCUT2D eigenvalue weighted by atomic mass is 10.2. The van der Waals surface area contributed by atoms with E-state index in [1.54, 1.807) is 36.4 Å². The van der Waals surface area contributed by atoms with Gasteiger partial charge < -0.3 is 15.8 Å². The SMILES string of the molecule is N#Cc1ccc2ncc(NC(=O)Nc3cc(Cl)ccc3OCCCN)nc2c1. The molecule has 1 aromatic heterocycles. The lowest BCUT2D eigenvalue weighted by Crippen LogP contribution is -2.21. The first kappa shape index (κ1) is 19.4. The number of carbonyl (C=O) groups excluding carboxylic acids is 1. The van der Waals surface area contributed by atoms with Crippen molar-refractivity contribution < 1.29 is 9.53 Å². The lowest BCUT2D eigenvalue weighted by molar-refractivity contribution is 0.261. The number of nitriles is 1. The average Bonchev–Trinajstić information content (AvgIpc) is 2.69. The van der Waals surface area contributed by atoms with Gasteiger partial charge in [-0.25, -0.2) is 9.78 Å². The molecule has 3 aromatic rings. The van der Waals surface area contributed by atoms with Crippen LogP contribution < -0.4 is 21.1 Å². The molecule has 0 radical (unpaired) electrons. The number of halogens is 1. The second-order valence-electron chi connectivity index (χ2n) is 5.78. The van der Waals surface area contributed by atoms with Gasteiger partial charge in [0.05, 0.1) is 41.2 Å². The van der Waals surface area contributed by atoms with E-state index in [9.17, 15) is 4.79 Å². The van der Waals surface area contributed by atoms with E-state index in [0.717, 1.165) is 0 Å². The van der Waals surface area contributed by atoms with Gasteiger partial charge >= 0.3 is 6.03 Å². The molecule has 28 heavy (non-hydrogen) atoms. The molecule has 0 fully saturated rings. The molecular weight excluding hydrogens is 380 g/mol. The van der Waals surface area contributed by atoms with Gasteiger partial charge in [-0.1, -0.05) is 11.6 Å². The van der Waals surface area contributed by atoms with Gasteiger partial charge in [-0.05, 0) is 49.4 Å². The fourth-order valence-corrected chi connectivity index (χ4v) is 2.57.